The molecule has 0 spiro atoms. The zero-order chi connectivity index (χ0) is 14.9. The van der Waals surface area contributed by atoms with Crippen LogP contribution in [0.15, 0.2) is 42.6 Å². The molecule has 0 radical (unpaired) electrons. The molecule has 1 aliphatic rings. The minimum atomic E-state index is -0.224. The predicted octanol–water partition coefficient (Wildman–Crippen LogP) is 3.84. The molecule has 1 aromatic carbocycles. The Kier molecular flexibility index (Phi) is 3.39. The quantitative estimate of drug-likeness (QED) is 0.754. The van der Waals surface area contributed by atoms with Gasteiger partial charge in [-0.3, -0.25) is 0 Å². The van der Waals surface area contributed by atoms with E-state index in [4.69, 9.17) is 4.98 Å². The minimum Gasteiger partial charge on any atom is -0.346 e. The highest BCUT2D eigenvalue weighted by Gasteiger charge is 2.19. The molecule has 0 amide bonds. The van der Waals surface area contributed by atoms with Crippen LogP contribution in [-0.2, 0) is 0 Å². The van der Waals surface area contributed by atoms with Gasteiger partial charge in [0.05, 0.1) is 5.69 Å². The average Bonchev–Trinajstić information content (AvgIpc) is 2.99. The van der Waals surface area contributed by atoms with Crippen LogP contribution < -0.4 is 5.32 Å². The third kappa shape index (κ3) is 2.40. The summed E-state index contributed by atoms with van der Waals surface area (Å²) in [5, 5.41) is 4.61. The molecule has 22 heavy (non-hydrogen) atoms. The van der Waals surface area contributed by atoms with E-state index in [0.29, 0.717) is 5.92 Å². The van der Waals surface area contributed by atoms with Crippen molar-refractivity contribution < 1.29 is 4.39 Å². The Morgan fingerprint density at radius 3 is 2.55 bits per heavy atom. The molecule has 1 saturated heterocycles. The number of benzene rings is 1. The standard InChI is InChI=1S/C18H18FN3/c19-14-3-1-13(2-4-14)17-6-5-15-16(11-21-18(15)22-17)12-7-9-20-10-8-12/h1-6,11-12,20H,7-10H2,(H,21,22). The third-order valence-electron chi connectivity index (χ3n) is 4.49. The fraction of sp³-hybridized carbons (Fsp3) is 0.278. The van der Waals surface area contributed by atoms with Gasteiger partial charge in [-0.25, -0.2) is 9.37 Å². The normalized spacial score (nSPS) is 16.2. The Labute approximate surface area is 128 Å². The van der Waals surface area contributed by atoms with E-state index in [-0.39, 0.29) is 5.82 Å². The summed E-state index contributed by atoms with van der Waals surface area (Å²) >= 11 is 0. The van der Waals surface area contributed by atoms with Crippen molar-refractivity contribution in [1.82, 2.24) is 15.3 Å². The number of H-pyrrole nitrogens is 1. The highest BCUT2D eigenvalue weighted by atomic mass is 19.1. The molecule has 2 aromatic heterocycles. The van der Waals surface area contributed by atoms with Crippen molar-refractivity contribution in [2.24, 2.45) is 0 Å². The molecule has 1 aliphatic heterocycles. The van der Waals surface area contributed by atoms with Crippen LogP contribution in [0.25, 0.3) is 22.3 Å². The maximum absolute atomic E-state index is 13.0. The van der Waals surface area contributed by atoms with Crippen molar-refractivity contribution in [3.05, 3.63) is 54.0 Å². The highest BCUT2D eigenvalue weighted by Crippen LogP contribution is 2.32. The Bertz CT molecular complexity index is 786. The molecule has 112 valence electrons. The number of rotatable bonds is 2. The number of aromatic nitrogens is 2. The van der Waals surface area contributed by atoms with Gasteiger partial charge in [-0.05, 0) is 73.8 Å². The lowest BCUT2D eigenvalue weighted by atomic mass is 9.90. The first-order valence-electron chi connectivity index (χ1n) is 7.76. The SMILES string of the molecule is Fc1ccc(-c2ccc3c(C4CCNCC4)c[nH]c3n2)cc1. The van der Waals surface area contributed by atoms with Crippen molar-refractivity contribution in [3.8, 4) is 11.3 Å². The lowest BCUT2D eigenvalue weighted by molar-refractivity contribution is 0.462. The minimum absolute atomic E-state index is 0.224. The van der Waals surface area contributed by atoms with Crippen LogP contribution in [0.2, 0.25) is 0 Å². The number of nitrogens with zero attached hydrogens (tertiary/aromatic N) is 1. The monoisotopic (exact) mass is 295 g/mol. The topological polar surface area (TPSA) is 40.7 Å². The zero-order valence-electron chi connectivity index (χ0n) is 12.3. The maximum Gasteiger partial charge on any atom is 0.138 e. The Morgan fingerprint density at radius 2 is 1.77 bits per heavy atom. The molecule has 2 N–H and O–H groups in total. The van der Waals surface area contributed by atoms with Crippen LogP contribution >= 0.6 is 0 Å². The number of fused-ring (bicyclic) bond motifs is 1. The molecule has 3 aromatic rings. The van der Waals surface area contributed by atoms with Gasteiger partial charge in [-0.1, -0.05) is 0 Å². The molecule has 0 unspecified atom stereocenters. The molecule has 3 heterocycles. The van der Waals surface area contributed by atoms with Crippen LogP contribution in [-0.4, -0.2) is 23.1 Å². The second kappa shape index (κ2) is 5.54. The van der Waals surface area contributed by atoms with Gasteiger partial charge < -0.3 is 10.3 Å². The van der Waals surface area contributed by atoms with Gasteiger partial charge in [0.1, 0.15) is 11.5 Å². The van der Waals surface area contributed by atoms with Gasteiger partial charge in [-0.15, -0.1) is 0 Å². The summed E-state index contributed by atoms with van der Waals surface area (Å²) in [5.74, 6) is 0.381. The van der Waals surface area contributed by atoms with Gasteiger partial charge in [0.2, 0.25) is 0 Å². The van der Waals surface area contributed by atoms with E-state index >= 15 is 0 Å². The van der Waals surface area contributed by atoms with E-state index in [0.717, 1.165) is 30.0 Å². The smallest absolute Gasteiger partial charge is 0.138 e. The van der Waals surface area contributed by atoms with Gasteiger partial charge in [0.15, 0.2) is 0 Å². The number of piperidine rings is 1. The van der Waals surface area contributed by atoms with Crippen molar-refractivity contribution in [2.75, 3.05) is 13.1 Å². The largest absolute Gasteiger partial charge is 0.346 e. The lowest BCUT2D eigenvalue weighted by Gasteiger charge is -2.22. The summed E-state index contributed by atoms with van der Waals surface area (Å²) in [7, 11) is 0. The first-order valence-corrected chi connectivity index (χ1v) is 7.76. The number of hydrogen-bond donors (Lipinski definition) is 2. The number of hydrogen-bond acceptors (Lipinski definition) is 2. The van der Waals surface area contributed by atoms with E-state index in [1.807, 2.05) is 6.07 Å². The Balaban J connectivity index is 1.71. The maximum atomic E-state index is 13.0. The summed E-state index contributed by atoms with van der Waals surface area (Å²) in [6.07, 6.45) is 4.45. The molecule has 4 heteroatoms. The fourth-order valence-electron chi connectivity index (χ4n) is 3.28. The van der Waals surface area contributed by atoms with Gasteiger partial charge in [0, 0.05) is 17.1 Å². The van der Waals surface area contributed by atoms with Crippen LogP contribution in [0.5, 0.6) is 0 Å². The van der Waals surface area contributed by atoms with E-state index in [9.17, 15) is 4.39 Å². The number of halogens is 1. The summed E-state index contributed by atoms with van der Waals surface area (Å²) in [4.78, 5) is 8.00. The highest BCUT2D eigenvalue weighted by molar-refractivity contribution is 5.83. The first-order chi connectivity index (χ1) is 10.8. The van der Waals surface area contributed by atoms with Crippen molar-refractivity contribution in [1.29, 1.82) is 0 Å². The van der Waals surface area contributed by atoms with Crippen LogP contribution in [0.4, 0.5) is 4.39 Å². The second-order valence-electron chi connectivity index (χ2n) is 5.87. The molecular formula is C18H18FN3. The Morgan fingerprint density at radius 1 is 1.00 bits per heavy atom. The van der Waals surface area contributed by atoms with Gasteiger partial charge >= 0.3 is 0 Å². The van der Waals surface area contributed by atoms with Crippen molar-refractivity contribution in [3.63, 3.8) is 0 Å². The zero-order valence-corrected chi connectivity index (χ0v) is 12.3. The van der Waals surface area contributed by atoms with Crippen LogP contribution in [0.3, 0.4) is 0 Å². The number of nitrogens with one attached hydrogen (secondary N) is 2. The molecule has 0 bridgehead atoms. The number of pyridine rings is 1. The average molecular weight is 295 g/mol. The molecular weight excluding hydrogens is 277 g/mol. The van der Waals surface area contributed by atoms with Crippen LogP contribution in [0, 0.1) is 5.82 Å². The van der Waals surface area contributed by atoms with E-state index < -0.39 is 0 Å². The van der Waals surface area contributed by atoms with Crippen LogP contribution in [0.1, 0.15) is 24.3 Å². The third-order valence-corrected chi connectivity index (χ3v) is 4.49. The van der Waals surface area contributed by atoms with E-state index in [1.54, 1.807) is 12.1 Å². The molecule has 0 aliphatic carbocycles. The van der Waals surface area contributed by atoms with E-state index in [2.05, 4.69) is 22.6 Å². The summed E-state index contributed by atoms with van der Waals surface area (Å²) in [6.45, 7) is 2.16. The fourth-order valence-corrected chi connectivity index (χ4v) is 3.28. The molecule has 0 atom stereocenters. The Hall–Kier alpha value is -2.20. The van der Waals surface area contributed by atoms with Gasteiger partial charge in [0.25, 0.3) is 0 Å². The lowest BCUT2D eigenvalue weighted by Crippen LogP contribution is -2.26. The summed E-state index contributed by atoms with van der Waals surface area (Å²) in [6, 6.07) is 10.6. The van der Waals surface area contributed by atoms with E-state index in [1.165, 1.54) is 35.9 Å². The molecule has 4 rings (SSSR count). The molecule has 0 saturated carbocycles. The summed E-state index contributed by atoms with van der Waals surface area (Å²) < 4.78 is 13.0. The van der Waals surface area contributed by atoms with Crippen molar-refractivity contribution in [2.45, 2.75) is 18.8 Å². The predicted molar refractivity (Wildman–Crippen MR) is 86.3 cm³/mol. The molecule has 1 fully saturated rings. The number of aromatic amines is 1. The second-order valence-corrected chi connectivity index (χ2v) is 5.87. The van der Waals surface area contributed by atoms with Crippen molar-refractivity contribution >= 4 is 11.0 Å². The first kappa shape index (κ1) is 13.5. The molecule has 3 nitrogen and oxygen atoms in total. The van der Waals surface area contributed by atoms with Gasteiger partial charge in [-0.2, -0.15) is 0 Å². The summed E-state index contributed by atoms with van der Waals surface area (Å²) in [5.41, 5.74) is 4.08.